The van der Waals surface area contributed by atoms with Gasteiger partial charge in [0, 0.05) is 10.9 Å². The van der Waals surface area contributed by atoms with Crippen LogP contribution in [0, 0.1) is 18.3 Å². The van der Waals surface area contributed by atoms with E-state index in [0.717, 1.165) is 16.9 Å². The third kappa shape index (κ3) is 3.27. The first-order chi connectivity index (χ1) is 14.7. The third-order valence-electron chi connectivity index (χ3n) is 4.64. The summed E-state index contributed by atoms with van der Waals surface area (Å²) in [6, 6.07) is 6.95. The second kappa shape index (κ2) is 7.42. The molecule has 156 valence electrons. The molecule has 0 aliphatic heterocycles. The number of H-pyrrole nitrogens is 1. The number of aromatic amines is 1. The molecule has 0 unspecified atom stereocenters. The van der Waals surface area contributed by atoms with Gasteiger partial charge in [0.05, 0.1) is 27.2 Å². The van der Waals surface area contributed by atoms with Gasteiger partial charge < -0.3 is 16.6 Å². The number of aryl methyl sites for hydroxylation is 2. The summed E-state index contributed by atoms with van der Waals surface area (Å²) in [6.07, 6.45) is 0. The Kier molecular flexibility index (Phi) is 4.88. The Morgan fingerprint density at radius 1 is 1.45 bits per heavy atom. The van der Waals surface area contributed by atoms with E-state index in [2.05, 4.69) is 15.2 Å². The molecule has 0 bridgehead atoms. The van der Waals surface area contributed by atoms with E-state index >= 15 is 0 Å². The highest BCUT2D eigenvalue weighted by Gasteiger charge is 2.31. The number of thiophene rings is 1. The molecule has 0 amide bonds. The van der Waals surface area contributed by atoms with Crippen LogP contribution in [0.15, 0.2) is 32.5 Å². The molecule has 3 aromatic heterocycles. The van der Waals surface area contributed by atoms with Gasteiger partial charge in [0.25, 0.3) is 0 Å². The third-order valence-corrected chi connectivity index (χ3v) is 5.97. The molecule has 4 rings (SSSR count). The van der Waals surface area contributed by atoms with Crippen LogP contribution < -0.4 is 26.9 Å². The lowest BCUT2D eigenvalue weighted by Crippen LogP contribution is -2.34. The van der Waals surface area contributed by atoms with Crippen LogP contribution in [0.4, 0.5) is 17.2 Å². The number of benzene rings is 1. The number of halogens is 1. The number of nitrogens with one attached hydrogen (secondary N) is 1. The molecule has 4 aromatic rings. The first-order valence-electron chi connectivity index (χ1n) is 8.74. The summed E-state index contributed by atoms with van der Waals surface area (Å²) in [5, 5.41) is 25.7. The van der Waals surface area contributed by atoms with Gasteiger partial charge in [0.2, 0.25) is 0 Å². The van der Waals surface area contributed by atoms with Crippen LogP contribution in [-0.4, -0.2) is 16.2 Å². The summed E-state index contributed by atoms with van der Waals surface area (Å²) < 4.78 is 6.10. The fourth-order valence-electron chi connectivity index (χ4n) is 3.15. The Hall–Kier alpha value is -3.88. The molecule has 5 N–H and O–H groups in total. The number of nitriles is 1. The molecular formula is C19H14ClN7O3S. The zero-order valence-corrected chi connectivity index (χ0v) is 17.8. The van der Waals surface area contributed by atoms with E-state index in [1.165, 1.54) is 11.7 Å². The highest BCUT2D eigenvalue weighted by atomic mass is 35.5. The topological polar surface area (TPSA) is 174 Å². The Bertz CT molecular complexity index is 1490. The van der Waals surface area contributed by atoms with Crippen molar-refractivity contribution in [2.24, 2.45) is 12.0 Å². The number of fused-ring (bicyclic) bond motifs is 1. The smallest absolute Gasteiger partial charge is 0.435 e. The van der Waals surface area contributed by atoms with E-state index in [0.29, 0.717) is 10.7 Å². The number of pyridine rings is 1. The van der Waals surface area contributed by atoms with Crippen molar-refractivity contribution >= 4 is 56.2 Å². The van der Waals surface area contributed by atoms with Crippen molar-refractivity contribution in [3.8, 4) is 17.3 Å². The van der Waals surface area contributed by atoms with Crippen molar-refractivity contribution in [1.82, 2.24) is 10.3 Å². The van der Waals surface area contributed by atoms with Crippen molar-refractivity contribution in [2.75, 3.05) is 11.5 Å². The largest absolute Gasteiger partial charge is 0.858 e. The lowest BCUT2D eigenvalue weighted by molar-refractivity contribution is -0.730. The van der Waals surface area contributed by atoms with Crippen LogP contribution in [0.5, 0.6) is 0 Å². The molecule has 12 heteroatoms. The number of aliphatic imine (C=N–C) groups is 1. The molecule has 0 fully saturated rings. The molecule has 3 heterocycles. The first kappa shape index (κ1) is 20.4. The molecule has 0 aliphatic carbocycles. The lowest BCUT2D eigenvalue weighted by atomic mass is 10.0. The molecule has 0 radical (unpaired) electrons. The number of nitrogens with zero attached hydrogens (tertiary/aromatic N) is 4. The number of nitrogen functional groups attached to an aromatic ring is 2. The van der Waals surface area contributed by atoms with Crippen molar-refractivity contribution in [2.45, 2.75) is 6.92 Å². The minimum absolute atomic E-state index is 0.0155. The van der Waals surface area contributed by atoms with E-state index < -0.39 is 11.5 Å². The first-order valence-corrected chi connectivity index (χ1v) is 9.94. The van der Waals surface area contributed by atoms with E-state index in [1.807, 2.05) is 6.07 Å². The van der Waals surface area contributed by atoms with Crippen molar-refractivity contribution in [1.29, 1.82) is 5.26 Å². The van der Waals surface area contributed by atoms with Crippen molar-refractivity contribution in [3.63, 3.8) is 0 Å². The molecule has 10 nitrogen and oxygen atoms in total. The monoisotopic (exact) mass is 455 g/mol. The molecule has 0 spiro atoms. The molecule has 1 aromatic carbocycles. The Labute approximate surface area is 183 Å². The average Bonchev–Trinajstić information content (AvgIpc) is 3.22. The normalized spacial score (nSPS) is 11.7. The fraction of sp³-hybridized carbons (Fsp3) is 0.105. The van der Waals surface area contributed by atoms with Gasteiger partial charge in [-0.3, -0.25) is 9.52 Å². The predicted octanol–water partition coefficient (Wildman–Crippen LogP) is 1.51. The Morgan fingerprint density at radius 2 is 2.19 bits per heavy atom. The van der Waals surface area contributed by atoms with Crippen LogP contribution in [0.3, 0.4) is 0 Å². The maximum absolute atomic E-state index is 12.9. The number of hydrogen-bond acceptors (Lipinski definition) is 9. The van der Waals surface area contributed by atoms with Crippen LogP contribution in [0.2, 0.25) is 5.02 Å². The minimum Gasteiger partial charge on any atom is -0.858 e. The molecule has 0 saturated heterocycles. The number of nitrogens with two attached hydrogens (primary N) is 2. The SMILES string of the molecule is Cc1ccc(Cl)cc1N=C([O-])c1sc2nc(N)c(C#N)c(-c3c(=O)o[nH][n+]3C)c2c1N. The summed E-state index contributed by atoms with van der Waals surface area (Å²) in [7, 11) is 1.52. The zero-order valence-electron chi connectivity index (χ0n) is 16.2. The second-order valence-corrected chi connectivity index (χ2v) is 8.06. The van der Waals surface area contributed by atoms with E-state index in [4.69, 9.17) is 27.6 Å². The quantitative estimate of drug-likeness (QED) is 0.238. The standard InChI is InChI=1S/C19H14ClN7O3S/c1-7-3-4-8(20)5-10(7)24-17(28)15-13(22)12-11(14-19(29)30-26-27(14)2)9(6-21)16(23)25-18(12)31-15/h3-5H,1-2H3,(H5-,22,23,24,25,26,28,29). The van der Waals surface area contributed by atoms with Gasteiger partial charge in [-0.05, 0) is 29.9 Å². The maximum atomic E-state index is 12.9. The summed E-state index contributed by atoms with van der Waals surface area (Å²) in [6.45, 7) is 1.79. The highest BCUT2D eigenvalue weighted by molar-refractivity contribution is 7.21. The van der Waals surface area contributed by atoms with Gasteiger partial charge in [-0.1, -0.05) is 22.3 Å². The summed E-state index contributed by atoms with van der Waals surface area (Å²) in [5.74, 6) is -0.715. The van der Waals surface area contributed by atoms with Gasteiger partial charge in [0.1, 0.15) is 22.3 Å². The number of rotatable bonds is 3. The maximum Gasteiger partial charge on any atom is 0.435 e. The highest BCUT2D eigenvalue weighted by Crippen LogP contribution is 2.41. The molecule has 31 heavy (non-hydrogen) atoms. The minimum atomic E-state index is -0.733. The van der Waals surface area contributed by atoms with Crippen LogP contribution in [0.1, 0.15) is 16.0 Å². The Morgan fingerprint density at radius 3 is 2.84 bits per heavy atom. The van der Waals surface area contributed by atoms with Crippen LogP contribution >= 0.6 is 22.9 Å². The number of anilines is 2. The van der Waals surface area contributed by atoms with Gasteiger partial charge in [-0.15, -0.1) is 11.3 Å². The van der Waals surface area contributed by atoms with Gasteiger partial charge >= 0.3 is 11.3 Å². The van der Waals surface area contributed by atoms with E-state index in [1.54, 1.807) is 25.1 Å². The fourth-order valence-corrected chi connectivity index (χ4v) is 4.32. The van der Waals surface area contributed by atoms with E-state index in [9.17, 15) is 15.2 Å². The predicted molar refractivity (Wildman–Crippen MR) is 115 cm³/mol. The molecular weight excluding hydrogens is 442 g/mol. The van der Waals surface area contributed by atoms with Gasteiger partial charge in [0.15, 0.2) is 7.05 Å². The van der Waals surface area contributed by atoms with Gasteiger partial charge in [-0.25, -0.2) is 9.78 Å². The Balaban J connectivity index is 2.04. The van der Waals surface area contributed by atoms with Crippen molar-refractivity contribution in [3.05, 3.63) is 49.6 Å². The van der Waals surface area contributed by atoms with E-state index in [-0.39, 0.29) is 43.4 Å². The second-order valence-electron chi connectivity index (χ2n) is 6.62. The number of aromatic nitrogens is 3. The zero-order chi connectivity index (χ0) is 22.4. The molecule has 0 aliphatic rings. The van der Waals surface area contributed by atoms with Crippen LogP contribution in [-0.2, 0) is 7.05 Å². The molecule has 0 saturated carbocycles. The summed E-state index contributed by atoms with van der Waals surface area (Å²) >= 11 is 6.97. The lowest BCUT2D eigenvalue weighted by Gasteiger charge is -2.11. The summed E-state index contributed by atoms with van der Waals surface area (Å²) in [4.78, 5) is 21.0. The summed E-state index contributed by atoms with van der Waals surface area (Å²) in [5.41, 5.74) is 12.8. The van der Waals surface area contributed by atoms with Crippen LogP contribution in [0.25, 0.3) is 21.5 Å². The van der Waals surface area contributed by atoms with Crippen molar-refractivity contribution < 1.29 is 14.3 Å². The van der Waals surface area contributed by atoms with Gasteiger partial charge in [-0.2, -0.15) is 5.26 Å². The number of hydrogen-bond donors (Lipinski definition) is 3. The molecule has 0 atom stereocenters. The average molecular weight is 456 g/mol.